The van der Waals surface area contributed by atoms with Gasteiger partial charge in [0.2, 0.25) is 0 Å². The van der Waals surface area contributed by atoms with Gasteiger partial charge in [-0.25, -0.2) is 0 Å². The van der Waals surface area contributed by atoms with Crippen LogP contribution in [0.2, 0.25) is 0 Å². The van der Waals surface area contributed by atoms with Crippen LogP contribution in [-0.2, 0) is 6.54 Å². The molecule has 2 aliphatic rings. The van der Waals surface area contributed by atoms with Crippen LogP contribution in [0.15, 0.2) is 18.2 Å². The van der Waals surface area contributed by atoms with Crippen molar-refractivity contribution in [2.45, 2.75) is 37.9 Å². The Balaban J connectivity index is 1.61. The molecular formula is C14H20N2O2. The van der Waals surface area contributed by atoms with E-state index in [-0.39, 0.29) is 11.5 Å². The first-order valence-electron chi connectivity index (χ1n) is 6.72. The molecule has 0 bridgehead atoms. The molecule has 0 aromatic heterocycles. The van der Waals surface area contributed by atoms with E-state index in [0.717, 1.165) is 5.56 Å². The zero-order valence-electron chi connectivity index (χ0n) is 10.5. The molecule has 4 heteroatoms. The second-order valence-electron chi connectivity index (χ2n) is 5.33. The summed E-state index contributed by atoms with van der Waals surface area (Å²) >= 11 is 0. The molecule has 0 spiro atoms. The van der Waals surface area contributed by atoms with Crippen LogP contribution in [-0.4, -0.2) is 40.3 Å². The smallest absolute Gasteiger partial charge is 0.123 e. The number of nitrogens with one attached hydrogen (secondary N) is 1. The van der Waals surface area contributed by atoms with Crippen LogP contribution in [0.5, 0.6) is 11.5 Å². The zero-order valence-corrected chi connectivity index (χ0v) is 10.5. The molecule has 4 nitrogen and oxygen atoms in total. The van der Waals surface area contributed by atoms with E-state index in [1.807, 2.05) is 0 Å². The minimum atomic E-state index is 0.110. The zero-order chi connectivity index (χ0) is 12.5. The molecule has 1 aromatic rings. The fourth-order valence-corrected chi connectivity index (χ4v) is 3.26. The largest absolute Gasteiger partial charge is 0.508 e. The summed E-state index contributed by atoms with van der Waals surface area (Å²) in [6.45, 7) is 3.11. The minimum absolute atomic E-state index is 0.110. The number of aromatic hydroxyl groups is 2. The monoisotopic (exact) mass is 248 g/mol. The summed E-state index contributed by atoms with van der Waals surface area (Å²) in [7, 11) is 0. The standard InChI is InChI=1S/C14H20N2O2/c17-11-4-3-10(14(18)8-11)9-15-12-5-7-16-6-1-2-13(12)16/h3-4,8,12-13,15,17-18H,1-2,5-7,9H2. The lowest BCUT2D eigenvalue weighted by Gasteiger charge is -2.21. The van der Waals surface area contributed by atoms with Crippen molar-refractivity contribution in [1.29, 1.82) is 0 Å². The Labute approximate surface area is 107 Å². The Kier molecular flexibility index (Phi) is 3.14. The highest BCUT2D eigenvalue weighted by Crippen LogP contribution is 2.29. The Morgan fingerprint density at radius 2 is 2.11 bits per heavy atom. The van der Waals surface area contributed by atoms with Gasteiger partial charge in [-0.2, -0.15) is 0 Å². The Bertz CT molecular complexity index is 436. The van der Waals surface area contributed by atoms with Crippen LogP contribution in [0.3, 0.4) is 0 Å². The van der Waals surface area contributed by atoms with Crippen molar-refractivity contribution >= 4 is 0 Å². The quantitative estimate of drug-likeness (QED) is 0.757. The Morgan fingerprint density at radius 1 is 1.22 bits per heavy atom. The molecule has 3 rings (SSSR count). The molecule has 1 aromatic carbocycles. The summed E-state index contributed by atoms with van der Waals surface area (Å²) in [5.41, 5.74) is 0.851. The second-order valence-corrected chi connectivity index (χ2v) is 5.33. The van der Waals surface area contributed by atoms with Gasteiger partial charge in [0, 0.05) is 36.8 Å². The number of phenols is 2. The summed E-state index contributed by atoms with van der Waals surface area (Å²) in [5.74, 6) is 0.280. The van der Waals surface area contributed by atoms with Gasteiger partial charge in [-0.3, -0.25) is 4.90 Å². The van der Waals surface area contributed by atoms with E-state index in [4.69, 9.17) is 0 Å². The maximum Gasteiger partial charge on any atom is 0.123 e. The molecular weight excluding hydrogens is 228 g/mol. The van der Waals surface area contributed by atoms with Crippen molar-refractivity contribution in [2.24, 2.45) is 0 Å². The first kappa shape index (κ1) is 11.8. The second kappa shape index (κ2) is 4.78. The number of fused-ring (bicyclic) bond motifs is 1. The third-order valence-electron chi connectivity index (χ3n) is 4.23. The van der Waals surface area contributed by atoms with Gasteiger partial charge < -0.3 is 15.5 Å². The van der Waals surface area contributed by atoms with E-state index in [0.29, 0.717) is 18.6 Å². The minimum Gasteiger partial charge on any atom is -0.508 e. The lowest BCUT2D eigenvalue weighted by molar-refractivity contribution is 0.298. The molecule has 2 unspecified atom stereocenters. The SMILES string of the molecule is Oc1ccc(CNC2CCN3CCCC23)c(O)c1. The fraction of sp³-hybridized carbons (Fsp3) is 0.571. The molecule has 2 heterocycles. The number of hydrogen-bond acceptors (Lipinski definition) is 4. The number of hydrogen-bond donors (Lipinski definition) is 3. The number of phenolic OH excluding ortho intramolecular Hbond substituents is 2. The lowest BCUT2D eigenvalue weighted by Crippen LogP contribution is -2.38. The molecule has 3 N–H and O–H groups in total. The first-order chi connectivity index (χ1) is 8.74. The van der Waals surface area contributed by atoms with Crippen LogP contribution in [0.4, 0.5) is 0 Å². The highest BCUT2D eigenvalue weighted by atomic mass is 16.3. The van der Waals surface area contributed by atoms with Crippen LogP contribution in [0, 0.1) is 0 Å². The molecule has 2 fully saturated rings. The van der Waals surface area contributed by atoms with Crippen molar-refractivity contribution in [2.75, 3.05) is 13.1 Å². The average Bonchev–Trinajstić information content (AvgIpc) is 2.91. The van der Waals surface area contributed by atoms with Gasteiger partial charge >= 0.3 is 0 Å². The van der Waals surface area contributed by atoms with Crippen LogP contribution >= 0.6 is 0 Å². The van der Waals surface area contributed by atoms with Crippen molar-refractivity contribution in [3.63, 3.8) is 0 Å². The molecule has 18 heavy (non-hydrogen) atoms. The molecule has 2 atom stereocenters. The Morgan fingerprint density at radius 3 is 2.94 bits per heavy atom. The molecule has 0 amide bonds. The highest BCUT2D eigenvalue weighted by molar-refractivity contribution is 5.38. The van der Waals surface area contributed by atoms with Crippen molar-refractivity contribution in [1.82, 2.24) is 10.2 Å². The Hall–Kier alpha value is -1.26. The van der Waals surface area contributed by atoms with Crippen molar-refractivity contribution in [3.05, 3.63) is 23.8 Å². The van der Waals surface area contributed by atoms with Gasteiger partial charge in [0.1, 0.15) is 11.5 Å². The van der Waals surface area contributed by atoms with Gasteiger partial charge in [-0.05, 0) is 31.9 Å². The molecule has 2 aliphatic heterocycles. The summed E-state index contributed by atoms with van der Waals surface area (Å²) in [4.78, 5) is 2.56. The van der Waals surface area contributed by atoms with Gasteiger partial charge in [0.05, 0.1) is 0 Å². The van der Waals surface area contributed by atoms with Crippen molar-refractivity contribution < 1.29 is 10.2 Å². The third-order valence-corrected chi connectivity index (χ3v) is 4.23. The predicted octanol–water partition coefficient (Wildman–Crippen LogP) is 1.42. The van der Waals surface area contributed by atoms with Crippen molar-refractivity contribution in [3.8, 4) is 11.5 Å². The number of rotatable bonds is 3. The van der Waals surface area contributed by atoms with Crippen LogP contribution in [0.25, 0.3) is 0 Å². The van der Waals surface area contributed by atoms with E-state index < -0.39 is 0 Å². The molecule has 0 saturated carbocycles. The molecule has 0 aliphatic carbocycles. The maximum atomic E-state index is 9.74. The van der Waals surface area contributed by atoms with Gasteiger partial charge in [0.15, 0.2) is 0 Å². The maximum absolute atomic E-state index is 9.74. The van der Waals surface area contributed by atoms with E-state index in [9.17, 15) is 10.2 Å². The summed E-state index contributed by atoms with van der Waals surface area (Å²) in [5, 5.41) is 22.5. The van der Waals surface area contributed by atoms with Gasteiger partial charge in [-0.1, -0.05) is 6.07 Å². The normalized spacial score (nSPS) is 27.6. The summed E-state index contributed by atoms with van der Waals surface area (Å²) < 4.78 is 0. The average molecular weight is 248 g/mol. The van der Waals surface area contributed by atoms with E-state index in [1.165, 1.54) is 38.4 Å². The van der Waals surface area contributed by atoms with E-state index in [2.05, 4.69) is 10.2 Å². The fourth-order valence-electron chi connectivity index (χ4n) is 3.26. The molecule has 0 radical (unpaired) electrons. The van der Waals surface area contributed by atoms with E-state index in [1.54, 1.807) is 12.1 Å². The van der Waals surface area contributed by atoms with Gasteiger partial charge in [-0.15, -0.1) is 0 Å². The third kappa shape index (κ3) is 2.18. The summed E-state index contributed by atoms with van der Waals surface area (Å²) in [6, 6.07) is 6.02. The predicted molar refractivity (Wildman–Crippen MR) is 69.6 cm³/mol. The lowest BCUT2D eigenvalue weighted by atomic mass is 10.1. The molecule has 98 valence electrons. The first-order valence-corrected chi connectivity index (χ1v) is 6.72. The number of benzene rings is 1. The van der Waals surface area contributed by atoms with E-state index >= 15 is 0 Å². The topological polar surface area (TPSA) is 55.7 Å². The van der Waals surface area contributed by atoms with Crippen LogP contribution < -0.4 is 5.32 Å². The van der Waals surface area contributed by atoms with Crippen LogP contribution in [0.1, 0.15) is 24.8 Å². The highest BCUT2D eigenvalue weighted by Gasteiger charge is 2.36. The molecule has 2 saturated heterocycles. The van der Waals surface area contributed by atoms with Gasteiger partial charge in [0.25, 0.3) is 0 Å². The number of nitrogens with zero attached hydrogens (tertiary/aromatic N) is 1. The summed E-state index contributed by atoms with van der Waals surface area (Å²) in [6.07, 6.45) is 3.80.